The fourth-order valence-electron chi connectivity index (χ4n) is 1.93. The van der Waals surface area contributed by atoms with Crippen LogP contribution in [0.3, 0.4) is 0 Å². The van der Waals surface area contributed by atoms with Gasteiger partial charge < -0.3 is 34.7 Å². The van der Waals surface area contributed by atoms with Crippen molar-refractivity contribution in [1.29, 1.82) is 0 Å². The highest BCUT2D eigenvalue weighted by Gasteiger charge is 2.46. The number of aliphatic hydroxyl groups excluding tert-OH is 3. The van der Waals surface area contributed by atoms with Gasteiger partial charge in [-0.15, -0.1) is 4.73 Å². The highest BCUT2D eigenvalue weighted by Crippen LogP contribution is 2.36. The van der Waals surface area contributed by atoms with Gasteiger partial charge in [-0.25, -0.2) is 9.36 Å². The van der Waals surface area contributed by atoms with Crippen molar-refractivity contribution in [3.05, 3.63) is 32.9 Å². The molecule has 13 nitrogen and oxygen atoms in total. The third-order valence-corrected chi connectivity index (χ3v) is 3.65. The van der Waals surface area contributed by atoms with Crippen LogP contribution in [0.25, 0.3) is 0 Å². The molecule has 25 heavy (non-hydrogen) atoms. The number of halogens is 1. The van der Waals surface area contributed by atoms with Crippen LogP contribution in [-0.2, 0) is 13.8 Å². The highest BCUT2D eigenvalue weighted by atomic mass is 31.2. The summed E-state index contributed by atoms with van der Waals surface area (Å²) in [6.45, 7) is -0.899. The van der Waals surface area contributed by atoms with E-state index in [1.54, 1.807) is 4.98 Å². The highest BCUT2D eigenvalue weighted by molar-refractivity contribution is 7.46. The van der Waals surface area contributed by atoms with Gasteiger partial charge >= 0.3 is 13.5 Å². The second-order valence-corrected chi connectivity index (χ2v) is 6.21. The summed E-state index contributed by atoms with van der Waals surface area (Å²) in [4.78, 5) is 46.1. The average molecular weight is 388 g/mol. The Morgan fingerprint density at radius 3 is 2.48 bits per heavy atom. The van der Waals surface area contributed by atoms with Crippen LogP contribution in [0.1, 0.15) is 0 Å². The molecule has 1 aliphatic heterocycles. The number of H-pyrrole nitrogens is 1. The van der Waals surface area contributed by atoms with Gasteiger partial charge in [-0.1, -0.05) is 0 Å². The Balaban J connectivity index is 2.19. The normalized spacial score (nSPS) is 30.2. The standard InChI is InChI=1S/C10H14FN2O11P/c11-3-1-13(10(18)12-8(3)17)24-9-7(16)6(15)5(14)4(23-9)2-22-25(19,20)21/h1,4-7,9,14-16H,2H2,(H,12,17,18)(H2,19,20,21)/t4-,5-,6+,7+,9-/m1/s1. The molecule has 1 aliphatic rings. The number of phosphoric ester groups is 1. The largest absolute Gasteiger partial charge is 0.469 e. The van der Waals surface area contributed by atoms with Gasteiger partial charge in [0.15, 0.2) is 0 Å². The van der Waals surface area contributed by atoms with Crippen molar-refractivity contribution in [2.75, 3.05) is 6.61 Å². The molecule has 1 aromatic heterocycles. The summed E-state index contributed by atoms with van der Waals surface area (Å²) in [5, 5.41) is 29.3. The molecular weight excluding hydrogens is 374 g/mol. The summed E-state index contributed by atoms with van der Waals surface area (Å²) in [5.41, 5.74) is -2.55. The number of hydrogen-bond donors (Lipinski definition) is 6. The van der Waals surface area contributed by atoms with E-state index in [2.05, 4.69) is 4.52 Å². The Labute approximate surface area is 137 Å². The number of nitrogens with one attached hydrogen (secondary N) is 1. The Bertz CT molecular complexity index is 775. The van der Waals surface area contributed by atoms with Crippen LogP contribution in [0.4, 0.5) is 4.39 Å². The van der Waals surface area contributed by atoms with Crippen LogP contribution >= 0.6 is 7.82 Å². The molecule has 1 saturated heterocycles. The van der Waals surface area contributed by atoms with Crippen LogP contribution in [-0.4, -0.2) is 72.1 Å². The molecule has 0 radical (unpaired) electrons. The van der Waals surface area contributed by atoms with E-state index in [0.29, 0.717) is 6.20 Å². The number of phosphoric acid groups is 1. The smallest absolute Gasteiger partial charge is 0.387 e. The number of nitrogens with zero attached hydrogens (tertiary/aromatic N) is 1. The van der Waals surface area contributed by atoms with E-state index >= 15 is 0 Å². The fraction of sp³-hybridized carbons (Fsp3) is 0.600. The van der Waals surface area contributed by atoms with Crippen LogP contribution in [0, 0.1) is 5.82 Å². The lowest BCUT2D eigenvalue weighted by Crippen LogP contribution is -2.61. The van der Waals surface area contributed by atoms with E-state index in [0.717, 1.165) is 0 Å². The van der Waals surface area contributed by atoms with Crippen LogP contribution in [0.5, 0.6) is 0 Å². The number of aromatic nitrogens is 2. The molecule has 0 spiro atoms. The van der Waals surface area contributed by atoms with Crippen LogP contribution in [0.15, 0.2) is 15.8 Å². The molecule has 2 rings (SSSR count). The lowest BCUT2D eigenvalue weighted by molar-refractivity contribution is -0.301. The molecule has 0 saturated carbocycles. The van der Waals surface area contributed by atoms with E-state index < -0.39 is 62.2 Å². The van der Waals surface area contributed by atoms with Crippen molar-refractivity contribution < 1.29 is 48.2 Å². The zero-order valence-corrected chi connectivity index (χ0v) is 13.0. The van der Waals surface area contributed by atoms with Gasteiger partial charge in [0.25, 0.3) is 11.8 Å². The van der Waals surface area contributed by atoms with Crippen molar-refractivity contribution in [1.82, 2.24) is 9.71 Å². The van der Waals surface area contributed by atoms with Gasteiger partial charge in [-0.05, 0) is 0 Å². The third kappa shape index (κ3) is 4.71. The number of aromatic amines is 1. The predicted molar refractivity (Wildman–Crippen MR) is 72.5 cm³/mol. The van der Waals surface area contributed by atoms with Gasteiger partial charge in [-0.2, -0.15) is 4.39 Å². The minimum absolute atomic E-state index is 0.163. The monoisotopic (exact) mass is 388 g/mol. The van der Waals surface area contributed by atoms with E-state index in [1.165, 1.54) is 0 Å². The maximum atomic E-state index is 13.2. The van der Waals surface area contributed by atoms with Crippen LogP contribution in [0.2, 0.25) is 0 Å². The molecule has 0 unspecified atom stereocenters. The maximum absolute atomic E-state index is 13.2. The SMILES string of the molecule is O=c1[nH]c(=O)n(O[C@H]2O[C@H](COP(=O)(O)O)[C@@H](O)[C@H](O)[C@@H]2O)cc1F. The second kappa shape index (κ2) is 7.31. The second-order valence-electron chi connectivity index (χ2n) is 4.97. The Kier molecular flexibility index (Phi) is 5.75. The summed E-state index contributed by atoms with van der Waals surface area (Å²) >= 11 is 0. The quantitative estimate of drug-likeness (QED) is 0.269. The number of aliphatic hydroxyl groups is 3. The molecule has 0 aromatic carbocycles. The van der Waals surface area contributed by atoms with Crippen molar-refractivity contribution in [3.8, 4) is 0 Å². The third-order valence-electron chi connectivity index (χ3n) is 3.16. The van der Waals surface area contributed by atoms with E-state index in [4.69, 9.17) is 19.4 Å². The molecule has 1 aromatic rings. The Morgan fingerprint density at radius 1 is 1.24 bits per heavy atom. The maximum Gasteiger partial charge on any atom is 0.469 e. The van der Waals surface area contributed by atoms with Crippen molar-refractivity contribution in [3.63, 3.8) is 0 Å². The molecule has 0 bridgehead atoms. The average Bonchev–Trinajstić information content (AvgIpc) is 2.50. The van der Waals surface area contributed by atoms with Crippen molar-refractivity contribution >= 4 is 7.82 Å². The van der Waals surface area contributed by atoms with E-state index in [1.807, 2.05) is 0 Å². The Hall–Kier alpha value is -1.64. The zero-order chi connectivity index (χ0) is 18.9. The van der Waals surface area contributed by atoms with Gasteiger partial charge in [0.05, 0.1) is 12.8 Å². The molecule has 1 fully saturated rings. The first-order chi connectivity index (χ1) is 11.5. The molecule has 2 heterocycles. The molecule has 15 heteroatoms. The molecule has 142 valence electrons. The van der Waals surface area contributed by atoms with Gasteiger partial charge in [0, 0.05) is 0 Å². The Morgan fingerprint density at radius 2 is 1.88 bits per heavy atom. The first kappa shape index (κ1) is 19.7. The number of rotatable bonds is 5. The molecule has 0 aliphatic carbocycles. The fourth-order valence-corrected chi connectivity index (χ4v) is 2.28. The van der Waals surface area contributed by atoms with Gasteiger partial charge in [0.1, 0.15) is 24.4 Å². The topological polar surface area (TPSA) is 201 Å². The zero-order valence-electron chi connectivity index (χ0n) is 12.1. The summed E-state index contributed by atoms with van der Waals surface area (Å²) in [7, 11) is -4.92. The van der Waals surface area contributed by atoms with Gasteiger partial charge in [0.2, 0.25) is 5.82 Å². The van der Waals surface area contributed by atoms with E-state index in [-0.39, 0.29) is 4.73 Å². The van der Waals surface area contributed by atoms with Crippen molar-refractivity contribution in [2.24, 2.45) is 0 Å². The summed E-state index contributed by atoms with van der Waals surface area (Å²) < 4.78 is 33.2. The summed E-state index contributed by atoms with van der Waals surface area (Å²) in [5.74, 6) is -1.40. The first-order valence-corrected chi connectivity index (χ1v) is 8.11. The number of hydrogen-bond acceptors (Lipinski definition) is 9. The number of ether oxygens (including phenoxy) is 1. The predicted octanol–water partition coefficient (Wildman–Crippen LogP) is -3.98. The van der Waals surface area contributed by atoms with E-state index in [9.17, 15) is 33.9 Å². The van der Waals surface area contributed by atoms with Crippen molar-refractivity contribution in [2.45, 2.75) is 30.7 Å². The minimum atomic E-state index is -4.92. The molecule has 5 atom stereocenters. The first-order valence-electron chi connectivity index (χ1n) is 6.58. The summed E-state index contributed by atoms with van der Waals surface area (Å²) in [6.07, 6.45) is -8.75. The molecule has 6 N–H and O–H groups in total. The molecule has 0 amide bonds. The van der Waals surface area contributed by atoms with Crippen LogP contribution < -0.4 is 16.1 Å². The molecular formula is C10H14FN2O11P. The van der Waals surface area contributed by atoms with Gasteiger partial charge in [-0.3, -0.25) is 14.3 Å². The minimum Gasteiger partial charge on any atom is -0.387 e. The lowest BCUT2D eigenvalue weighted by Gasteiger charge is -2.39. The lowest BCUT2D eigenvalue weighted by atomic mass is 9.99. The summed E-state index contributed by atoms with van der Waals surface area (Å²) in [6, 6.07) is 0.